The number of halogens is 3. The summed E-state index contributed by atoms with van der Waals surface area (Å²) in [4.78, 5) is 18.1. The fraction of sp³-hybridized carbons (Fsp3) is 0.379. The molecule has 2 aromatic carbocycles. The van der Waals surface area contributed by atoms with Crippen LogP contribution in [-0.4, -0.2) is 47.7 Å². The number of benzene rings is 2. The molecule has 0 aliphatic carbocycles. The molecule has 194 valence electrons. The summed E-state index contributed by atoms with van der Waals surface area (Å²) in [6, 6.07) is 8.94. The van der Waals surface area contributed by atoms with Gasteiger partial charge in [-0.1, -0.05) is 23.4 Å². The summed E-state index contributed by atoms with van der Waals surface area (Å²) in [6.07, 6.45) is 5.13. The van der Waals surface area contributed by atoms with Crippen molar-refractivity contribution >= 4 is 28.5 Å². The molecule has 1 saturated heterocycles. The van der Waals surface area contributed by atoms with Gasteiger partial charge >= 0.3 is 5.97 Å². The molecule has 2 heterocycles. The van der Waals surface area contributed by atoms with E-state index in [9.17, 15) is 18.7 Å². The van der Waals surface area contributed by atoms with E-state index in [0.717, 1.165) is 72.6 Å². The minimum absolute atomic E-state index is 0.0105. The standard InChI is InChI=1S/C29H29ClF2N2O3/c1-37-23-8-10-28-25(16-23)24(26(30)17-33-28)6-2-4-19-11-13-34(18-21(19)15-29(35)36)12-3-5-20-14-22(31)7-9-27(20)32/h7-10,14,16-17,19,21H,2,4,6,11-13,15,18H2,1H3,(H,35,36). The van der Waals surface area contributed by atoms with Gasteiger partial charge in [-0.05, 0) is 86.0 Å². The number of likely N-dealkylation sites (tertiary alicyclic amines) is 1. The molecule has 0 radical (unpaired) electrons. The van der Waals surface area contributed by atoms with Crippen LogP contribution >= 0.6 is 11.6 Å². The van der Waals surface area contributed by atoms with Crippen molar-refractivity contribution in [3.05, 3.63) is 70.4 Å². The fourth-order valence-electron chi connectivity index (χ4n) is 5.10. The van der Waals surface area contributed by atoms with E-state index in [1.807, 2.05) is 18.2 Å². The summed E-state index contributed by atoms with van der Waals surface area (Å²) in [5.41, 5.74) is 1.91. The van der Waals surface area contributed by atoms with Crippen molar-refractivity contribution in [1.82, 2.24) is 9.88 Å². The third-order valence-corrected chi connectivity index (χ3v) is 7.33. The fourth-order valence-corrected chi connectivity index (χ4v) is 5.34. The molecule has 0 saturated carbocycles. The van der Waals surface area contributed by atoms with Crippen molar-refractivity contribution in [3.63, 3.8) is 0 Å². The number of piperidine rings is 1. The lowest BCUT2D eigenvalue weighted by atomic mass is 9.80. The van der Waals surface area contributed by atoms with E-state index in [0.29, 0.717) is 18.1 Å². The first kappa shape index (κ1) is 26.8. The van der Waals surface area contributed by atoms with Gasteiger partial charge in [0.2, 0.25) is 0 Å². The summed E-state index contributed by atoms with van der Waals surface area (Å²) in [5, 5.41) is 11.1. The first-order valence-corrected chi connectivity index (χ1v) is 12.7. The second-order valence-electron chi connectivity index (χ2n) is 9.43. The Labute approximate surface area is 220 Å². The summed E-state index contributed by atoms with van der Waals surface area (Å²) < 4.78 is 32.6. The Bertz CT molecular complexity index is 1340. The number of carboxylic acids is 1. The number of fused-ring (bicyclic) bond motifs is 1. The van der Waals surface area contributed by atoms with Gasteiger partial charge in [0.15, 0.2) is 0 Å². The average molecular weight is 527 g/mol. The normalized spacial score (nSPS) is 17.8. The SMILES string of the molecule is COc1ccc2ncc(Cl)c(CCCC3CCN(CC#Cc4cc(F)ccc4F)CC3CC(=O)O)c2c1. The van der Waals surface area contributed by atoms with Crippen molar-refractivity contribution in [2.45, 2.75) is 32.1 Å². The van der Waals surface area contributed by atoms with Crippen molar-refractivity contribution in [3.8, 4) is 17.6 Å². The highest BCUT2D eigenvalue weighted by Gasteiger charge is 2.30. The molecule has 5 nitrogen and oxygen atoms in total. The second-order valence-corrected chi connectivity index (χ2v) is 9.83. The Morgan fingerprint density at radius 1 is 1.24 bits per heavy atom. The number of nitrogens with zero attached hydrogens (tertiary/aromatic N) is 2. The van der Waals surface area contributed by atoms with Gasteiger partial charge in [0.05, 0.1) is 29.8 Å². The van der Waals surface area contributed by atoms with E-state index < -0.39 is 17.6 Å². The number of methoxy groups -OCH3 is 1. The van der Waals surface area contributed by atoms with E-state index >= 15 is 0 Å². The molecule has 1 N–H and O–H groups in total. The molecule has 37 heavy (non-hydrogen) atoms. The lowest BCUT2D eigenvalue weighted by molar-refractivity contribution is -0.139. The number of hydrogen-bond donors (Lipinski definition) is 1. The smallest absolute Gasteiger partial charge is 0.303 e. The lowest BCUT2D eigenvalue weighted by Gasteiger charge is -2.37. The molecule has 8 heteroatoms. The molecule has 2 unspecified atom stereocenters. The average Bonchev–Trinajstić information content (AvgIpc) is 2.87. The quantitative estimate of drug-likeness (QED) is 0.367. The van der Waals surface area contributed by atoms with Crippen LogP contribution in [0.3, 0.4) is 0 Å². The van der Waals surface area contributed by atoms with Crippen molar-refractivity contribution < 1.29 is 23.4 Å². The summed E-state index contributed by atoms with van der Waals surface area (Å²) in [7, 11) is 1.62. The molecule has 0 amide bonds. The van der Waals surface area contributed by atoms with E-state index in [-0.39, 0.29) is 23.8 Å². The predicted molar refractivity (Wildman–Crippen MR) is 140 cm³/mol. The van der Waals surface area contributed by atoms with Crippen molar-refractivity contribution in [2.75, 3.05) is 26.7 Å². The number of carboxylic acid groups (broad SMARTS) is 1. The molecule has 2 atom stereocenters. The Morgan fingerprint density at radius 2 is 2.08 bits per heavy atom. The monoisotopic (exact) mass is 526 g/mol. The predicted octanol–water partition coefficient (Wildman–Crippen LogP) is 5.96. The third kappa shape index (κ3) is 6.97. The number of carbonyl (C=O) groups is 1. The number of ether oxygens (including phenoxy) is 1. The minimum Gasteiger partial charge on any atom is -0.497 e. The summed E-state index contributed by atoms with van der Waals surface area (Å²) >= 11 is 6.50. The summed E-state index contributed by atoms with van der Waals surface area (Å²) in [6.45, 7) is 1.75. The zero-order chi connectivity index (χ0) is 26.4. The molecule has 3 aromatic rings. The molecule has 1 aliphatic heterocycles. The highest BCUT2D eigenvalue weighted by molar-refractivity contribution is 6.32. The van der Waals surface area contributed by atoms with E-state index in [4.69, 9.17) is 16.3 Å². The number of hydrogen-bond acceptors (Lipinski definition) is 4. The maximum absolute atomic E-state index is 13.8. The first-order valence-electron chi connectivity index (χ1n) is 12.3. The number of aromatic nitrogens is 1. The number of rotatable bonds is 8. The highest BCUT2D eigenvalue weighted by atomic mass is 35.5. The molecule has 4 rings (SSSR count). The van der Waals surface area contributed by atoms with Gasteiger partial charge in [-0.2, -0.15) is 0 Å². The lowest BCUT2D eigenvalue weighted by Crippen LogP contribution is -2.41. The molecule has 1 fully saturated rings. The number of pyridine rings is 1. The van der Waals surface area contributed by atoms with Crippen molar-refractivity contribution in [2.24, 2.45) is 11.8 Å². The molecular weight excluding hydrogens is 498 g/mol. The molecule has 0 spiro atoms. The molecule has 1 aliphatic rings. The van der Waals surface area contributed by atoms with Crippen LogP contribution in [0.4, 0.5) is 8.78 Å². The van der Waals surface area contributed by atoms with Crippen LogP contribution in [0.15, 0.2) is 42.6 Å². The van der Waals surface area contributed by atoms with Gasteiger partial charge in [-0.15, -0.1) is 0 Å². The third-order valence-electron chi connectivity index (χ3n) is 7.00. The first-order chi connectivity index (χ1) is 17.8. The van der Waals surface area contributed by atoms with Gasteiger partial charge in [-0.25, -0.2) is 8.78 Å². The Hall–Kier alpha value is -3.21. The van der Waals surface area contributed by atoms with Crippen LogP contribution in [0.1, 0.15) is 36.8 Å². The van der Waals surface area contributed by atoms with Gasteiger partial charge < -0.3 is 9.84 Å². The van der Waals surface area contributed by atoms with E-state index in [1.165, 1.54) is 0 Å². The number of aliphatic carboxylic acids is 1. The zero-order valence-electron chi connectivity index (χ0n) is 20.6. The molecular formula is C29H29ClF2N2O3. The van der Waals surface area contributed by atoms with Crippen molar-refractivity contribution in [1.29, 1.82) is 0 Å². The van der Waals surface area contributed by atoms with Gasteiger partial charge in [0, 0.05) is 24.5 Å². The Morgan fingerprint density at radius 3 is 2.86 bits per heavy atom. The minimum atomic E-state index is -0.819. The van der Waals surface area contributed by atoms with E-state index in [1.54, 1.807) is 13.3 Å². The van der Waals surface area contributed by atoms with E-state index in [2.05, 4.69) is 21.7 Å². The maximum atomic E-state index is 13.8. The van der Waals surface area contributed by atoms with Crippen LogP contribution in [0, 0.1) is 35.3 Å². The number of aryl methyl sites for hydroxylation is 1. The van der Waals surface area contributed by atoms with Crippen LogP contribution < -0.4 is 4.74 Å². The topological polar surface area (TPSA) is 62.7 Å². The van der Waals surface area contributed by atoms with Crippen LogP contribution in [0.5, 0.6) is 5.75 Å². The highest BCUT2D eigenvalue weighted by Crippen LogP contribution is 2.33. The van der Waals surface area contributed by atoms with Gasteiger partial charge in [-0.3, -0.25) is 14.7 Å². The van der Waals surface area contributed by atoms with Gasteiger partial charge in [0.1, 0.15) is 17.4 Å². The maximum Gasteiger partial charge on any atom is 0.303 e. The Balaban J connectivity index is 1.39. The van der Waals surface area contributed by atoms with Crippen LogP contribution in [0.2, 0.25) is 5.02 Å². The van der Waals surface area contributed by atoms with Gasteiger partial charge in [0.25, 0.3) is 0 Å². The largest absolute Gasteiger partial charge is 0.497 e. The zero-order valence-corrected chi connectivity index (χ0v) is 21.4. The van der Waals surface area contributed by atoms with Crippen LogP contribution in [-0.2, 0) is 11.2 Å². The molecule has 1 aromatic heterocycles. The summed E-state index contributed by atoms with van der Waals surface area (Å²) in [5.74, 6) is 4.70. The Kier molecular flexibility index (Phi) is 8.96. The molecule has 0 bridgehead atoms. The second kappa shape index (κ2) is 12.4. The van der Waals surface area contributed by atoms with Crippen LogP contribution in [0.25, 0.3) is 10.9 Å².